The quantitative estimate of drug-likeness (QED) is 0.904. The molecule has 1 aromatic carbocycles. The molecule has 2 nitrogen and oxygen atoms in total. The summed E-state index contributed by atoms with van der Waals surface area (Å²) in [6, 6.07) is 5.79. The summed E-state index contributed by atoms with van der Waals surface area (Å²) in [5.41, 5.74) is -0.0664. The first-order valence-electron chi connectivity index (χ1n) is 6.58. The summed E-state index contributed by atoms with van der Waals surface area (Å²) in [6.07, 6.45) is -0.780. The van der Waals surface area contributed by atoms with E-state index in [0.717, 1.165) is 19.0 Å². The maximum absolute atomic E-state index is 12.6. The predicted molar refractivity (Wildman–Crippen MR) is 70.2 cm³/mol. The van der Waals surface area contributed by atoms with Gasteiger partial charge in [-0.3, -0.25) is 0 Å². The molecule has 19 heavy (non-hydrogen) atoms. The van der Waals surface area contributed by atoms with Gasteiger partial charge in [0.05, 0.1) is 5.56 Å². The second kappa shape index (κ2) is 5.82. The van der Waals surface area contributed by atoms with Crippen molar-refractivity contribution in [3.8, 4) is 0 Å². The third kappa shape index (κ3) is 3.86. The van der Waals surface area contributed by atoms with E-state index in [-0.39, 0.29) is 0 Å². The number of rotatable bonds is 3. The molecule has 1 atom stereocenters. The fraction of sp³-hybridized carbons (Fsp3) is 0.571. The predicted octanol–water partition coefficient (Wildman–Crippen LogP) is 3.60. The topological polar surface area (TPSA) is 15.3 Å². The van der Waals surface area contributed by atoms with Crippen molar-refractivity contribution < 1.29 is 13.2 Å². The Bertz CT molecular complexity index is 417. The van der Waals surface area contributed by atoms with Crippen LogP contribution in [0.2, 0.25) is 0 Å². The minimum atomic E-state index is -4.28. The molecule has 1 aliphatic rings. The molecule has 1 N–H and O–H groups in total. The molecule has 0 radical (unpaired) electrons. The van der Waals surface area contributed by atoms with E-state index in [1.807, 2.05) is 0 Å². The van der Waals surface area contributed by atoms with E-state index in [9.17, 15) is 13.2 Å². The summed E-state index contributed by atoms with van der Waals surface area (Å²) in [4.78, 5) is 2.27. The number of alkyl halides is 3. The van der Waals surface area contributed by atoms with E-state index in [0.29, 0.717) is 18.3 Å². The molecule has 106 valence electrons. The summed E-state index contributed by atoms with van der Waals surface area (Å²) in [7, 11) is 2.07. The first kappa shape index (κ1) is 14.2. The minimum absolute atomic E-state index is 0.406. The van der Waals surface area contributed by atoms with E-state index in [1.54, 1.807) is 6.07 Å². The lowest BCUT2D eigenvalue weighted by Gasteiger charge is -2.32. The molecule has 5 heteroatoms. The molecule has 1 fully saturated rings. The zero-order valence-electron chi connectivity index (χ0n) is 11.0. The Labute approximate surface area is 111 Å². The summed E-state index contributed by atoms with van der Waals surface area (Å²) in [5, 5.41) is 3.12. The average molecular weight is 272 g/mol. The van der Waals surface area contributed by atoms with Gasteiger partial charge in [0.25, 0.3) is 0 Å². The van der Waals surface area contributed by atoms with Gasteiger partial charge in [-0.2, -0.15) is 13.2 Å². The second-order valence-electron chi connectivity index (χ2n) is 5.09. The van der Waals surface area contributed by atoms with E-state index in [2.05, 4.69) is 17.3 Å². The molecular weight excluding hydrogens is 253 g/mol. The normalized spacial score (nSPS) is 21.4. The average Bonchev–Trinajstić information content (AvgIpc) is 2.37. The summed E-state index contributed by atoms with van der Waals surface area (Å²) in [6.45, 7) is 1.76. The highest BCUT2D eigenvalue weighted by Crippen LogP contribution is 2.30. The van der Waals surface area contributed by atoms with Crippen molar-refractivity contribution in [1.29, 1.82) is 0 Å². The smallest absolute Gasteiger partial charge is 0.383 e. The standard InChI is InChI=1S/C14H19F3N2/c1-19-8-3-2-7-13(19)10-18-12-6-4-5-11(9-12)14(15,16)17/h4-6,9,13,18H,2-3,7-8,10H2,1H3. The van der Waals surface area contributed by atoms with Crippen LogP contribution in [-0.2, 0) is 6.18 Å². The number of likely N-dealkylation sites (tertiary alicyclic amines) is 1. The third-order valence-electron chi connectivity index (χ3n) is 3.65. The van der Waals surface area contributed by atoms with E-state index in [1.165, 1.54) is 25.0 Å². The van der Waals surface area contributed by atoms with Gasteiger partial charge in [-0.15, -0.1) is 0 Å². The van der Waals surface area contributed by atoms with Gasteiger partial charge in [0.1, 0.15) is 0 Å². The molecule has 0 spiro atoms. The Hall–Kier alpha value is -1.23. The van der Waals surface area contributed by atoms with Crippen LogP contribution in [0, 0.1) is 0 Å². The van der Waals surface area contributed by atoms with Crippen LogP contribution in [0.25, 0.3) is 0 Å². The molecular formula is C14H19F3N2. The molecule has 1 heterocycles. The molecule has 1 saturated heterocycles. The monoisotopic (exact) mass is 272 g/mol. The third-order valence-corrected chi connectivity index (χ3v) is 3.65. The highest BCUT2D eigenvalue weighted by molar-refractivity contribution is 5.46. The Balaban J connectivity index is 1.96. The van der Waals surface area contributed by atoms with E-state index in [4.69, 9.17) is 0 Å². The van der Waals surface area contributed by atoms with Gasteiger partial charge in [-0.05, 0) is 44.6 Å². The molecule has 2 rings (SSSR count). The van der Waals surface area contributed by atoms with Crippen LogP contribution in [-0.4, -0.2) is 31.1 Å². The van der Waals surface area contributed by atoms with Gasteiger partial charge >= 0.3 is 6.18 Å². The van der Waals surface area contributed by atoms with Crippen molar-refractivity contribution in [3.05, 3.63) is 29.8 Å². The van der Waals surface area contributed by atoms with Crippen LogP contribution >= 0.6 is 0 Å². The SMILES string of the molecule is CN1CCCCC1CNc1cccc(C(F)(F)F)c1. The molecule has 1 aliphatic heterocycles. The van der Waals surface area contributed by atoms with E-state index >= 15 is 0 Å². The fourth-order valence-corrected chi connectivity index (χ4v) is 2.44. The van der Waals surface area contributed by atoms with Crippen molar-refractivity contribution in [2.45, 2.75) is 31.5 Å². The first-order valence-corrected chi connectivity index (χ1v) is 6.58. The number of benzene rings is 1. The largest absolute Gasteiger partial charge is 0.416 e. The molecule has 1 unspecified atom stereocenters. The first-order chi connectivity index (χ1) is 8.97. The molecule has 0 aromatic heterocycles. The van der Waals surface area contributed by atoms with Crippen molar-refractivity contribution in [2.24, 2.45) is 0 Å². The van der Waals surface area contributed by atoms with Crippen LogP contribution in [0.15, 0.2) is 24.3 Å². The lowest BCUT2D eigenvalue weighted by Crippen LogP contribution is -2.40. The summed E-state index contributed by atoms with van der Waals surface area (Å²) < 4.78 is 37.8. The van der Waals surface area contributed by atoms with Crippen molar-refractivity contribution in [3.63, 3.8) is 0 Å². The van der Waals surface area contributed by atoms with Crippen LogP contribution in [0.4, 0.5) is 18.9 Å². The van der Waals surface area contributed by atoms with Crippen LogP contribution in [0.5, 0.6) is 0 Å². The lowest BCUT2D eigenvalue weighted by molar-refractivity contribution is -0.137. The Morgan fingerprint density at radius 3 is 2.79 bits per heavy atom. The maximum atomic E-state index is 12.6. The van der Waals surface area contributed by atoms with Gasteiger partial charge in [0.15, 0.2) is 0 Å². The number of hydrogen-bond acceptors (Lipinski definition) is 2. The van der Waals surface area contributed by atoms with Gasteiger partial charge in [0.2, 0.25) is 0 Å². The van der Waals surface area contributed by atoms with Crippen molar-refractivity contribution in [1.82, 2.24) is 4.90 Å². The number of likely N-dealkylation sites (N-methyl/N-ethyl adjacent to an activating group) is 1. The Morgan fingerprint density at radius 1 is 1.32 bits per heavy atom. The number of nitrogens with one attached hydrogen (secondary N) is 1. The number of halogens is 3. The van der Waals surface area contributed by atoms with Gasteiger partial charge in [-0.1, -0.05) is 12.5 Å². The fourth-order valence-electron chi connectivity index (χ4n) is 2.44. The van der Waals surface area contributed by atoms with Gasteiger partial charge in [0, 0.05) is 18.3 Å². The zero-order valence-corrected chi connectivity index (χ0v) is 11.0. The summed E-state index contributed by atoms with van der Waals surface area (Å²) in [5.74, 6) is 0. The van der Waals surface area contributed by atoms with Crippen molar-refractivity contribution >= 4 is 5.69 Å². The lowest BCUT2D eigenvalue weighted by atomic mass is 10.0. The minimum Gasteiger partial charge on any atom is -0.383 e. The number of nitrogens with zero attached hydrogens (tertiary/aromatic N) is 1. The molecule has 0 amide bonds. The number of hydrogen-bond donors (Lipinski definition) is 1. The second-order valence-corrected chi connectivity index (χ2v) is 5.09. The van der Waals surface area contributed by atoms with Crippen molar-refractivity contribution in [2.75, 3.05) is 25.5 Å². The Kier molecular flexibility index (Phi) is 4.34. The molecule has 0 saturated carbocycles. The zero-order chi connectivity index (χ0) is 13.9. The highest BCUT2D eigenvalue weighted by atomic mass is 19.4. The van der Waals surface area contributed by atoms with Crippen LogP contribution in [0.1, 0.15) is 24.8 Å². The Morgan fingerprint density at radius 2 is 2.11 bits per heavy atom. The van der Waals surface area contributed by atoms with Crippen LogP contribution < -0.4 is 5.32 Å². The molecule has 0 bridgehead atoms. The van der Waals surface area contributed by atoms with Gasteiger partial charge in [-0.25, -0.2) is 0 Å². The highest BCUT2D eigenvalue weighted by Gasteiger charge is 2.30. The molecule has 0 aliphatic carbocycles. The molecule has 1 aromatic rings. The van der Waals surface area contributed by atoms with Crippen LogP contribution in [0.3, 0.4) is 0 Å². The number of piperidine rings is 1. The van der Waals surface area contributed by atoms with Gasteiger partial charge < -0.3 is 10.2 Å². The summed E-state index contributed by atoms with van der Waals surface area (Å²) >= 11 is 0. The van der Waals surface area contributed by atoms with E-state index < -0.39 is 11.7 Å². The number of anilines is 1. The maximum Gasteiger partial charge on any atom is 0.416 e.